The van der Waals surface area contributed by atoms with Crippen molar-refractivity contribution in [1.82, 2.24) is 0 Å². The van der Waals surface area contributed by atoms with Crippen molar-refractivity contribution in [2.45, 2.75) is 18.6 Å². The largest absolute Gasteiger partial charge is 0.192 e. The van der Waals surface area contributed by atoms with Gasteiger partial charge in [0.2, 0.25) is 0 Å². The predicted molar refractivity (Wildman–Crippen MR) is 57.1 cm³/mol. The van der Waals surface area contributed by atoms with E-state index in [1.807, 2.05) is 24.3 Å². The van der Waals surface area contributed by atoms with Gasteiger partial charge in [-0.3, -0.25) is 0 Å². The molecule has 1 nitrogen and oxygen atoms in total. The van der Waals surface area contributed by atoms with Crippen molar-refractivity contribution in [3.8, 4) is 6.07 Å². The second-order valence-corrected chi connectivity index (χ2v) is 4.65. The van der Waals surface area contributed by atoms with Gasteiger partial charge >= 0.3 is 0 Å². The summed E-state index contributed by atoms with van der Waals surface area (Å²) in [5.74, 6) is 0. The van der Waals surface area contributed by atoms with Crippen molar-refractivity contribution in [3.63, 3.8) is 0 Å². The van der Waals surface area contributed by atoms with Crippen molar-refractivity contribution >= 4 is 11.8 Å². The number of hydrogen-bond donors (Lipinski definition) is 0. The molecule has 1 aromatic rings. The topological polar surface area (TPSA) is 23.8 Å². The summed E-state index contributed by atoms with van der Waals surface area (Å²) in [5.41, 5.74) is 1.90. The standard InChI is InChI=1S/C11H12NS/c1-11(2,13-3)10-6-4-9(8-12)5-7-10/h4-7H,3H2,1-2H3. The molecular formula is C11H12NS. The van der Waals surface area contributed by atoms with Gasteiger partial charge in [-0.15, -0.1) is 0 Å². The van der Waals surface area contributed by atoms with Crippen molar-refractivity contribution in [1.29, 1.82) is 5.26 Å². The molecule has 0 aliphatic carbocycles. The average Bonchev–Trinajstić information content (AvgIpc) is 2.18. The molecular weight excluding hydrogens is 178 g/mol. The summed E-state index contributed by atoms with van der Waals surface area (Å²) in [6, 6.07) is 9.75. The Hall–Kier alpha value is -0.940. The van der Waals surface area contributed by atoms with Gasteiger partial charge in [-0.1, -0.05) is 12.1 Å². The van der Waals surface area contributed by atoms with E-state index in [1.165, 1.54) is 5.56 Å². The summed E-state index contributed by atoms with van der Waals surface area (Å²) >= 11 is 1.56. The zero-order valence-corrected chi connectivity index (χ0v) is 8.69. The van der Waals surface area contributed by atoms with Crippen molar-refractivity contribution in [2.75, 3.05) is 0 Å². The first-order valence-corrected chi connectivity index (χ1v) is 5.02. The highest BCUT2D eigenvalue weighted by Gasteiger charge is 2.18. The van der Waals surface area contributed by atoms with E-state index < -0.39 is 0 Å². The third-order valence-corrected chi connectivity index (χ3v) is 3.03. The average molecular weight is 190 g/mol. The minimum Gasteiger partial charge on any atom is -0.192 e. The molecule has 1 radical (unpaired) electrons. The van der Waals surface area contributed by atoms with Crippen LogP contribution in [-0.4, -0.2) is 0 Å². The maximum absolute atomic E-state index is 8.62. The SMILES string of the molecule is [CH2]SC(C)(C)c1ccc(C#N)cc1. The fourth-order valence-electron chi connectivity index (χ4n) is 1.03. The van der Waals surface area contributed by atoms with Gasteiger partial charge in [-0.25, -0.2) is 0 Å². The van der Waals surface area contributed by atoms with E-state index in [0.717, 1.165) is 0 Å². The number of hydrogen-bond acceptors (Lipinski definition) is 2. The molecule has 0 aliphatic rings. The molecule has 0 saturated carbocycles. The van der Waals surface area contributed by atoms with Gasteiger partial charge in [0.25, 0.3) is 0 Å². The molecule has 0 spiro atoms. The second-order valence-electron chi connectivity index (χ2n) is 3.34. The Morgan fingerprint density at radius 2 is 1.85 bits per heavy atom. The lowest BCUT2D eigenvalue weighted by atomic mass is 10.0. The van der Waals surface area contributed by atoms with Crippen LogP contribution in [-0.2, 0) is 4.75 Å². The zero-order valence-electron chi connectivity index (χ0n) is 7.87. The summed E-state index contributed by atoms with van der Waals surface area (Å²) in [4.78, 5) is 0. The van der Waals surface area contributed by atoms with Gasteiger partial charge in [0, 0.05) is 11.0 Å². The lowest BCUT2D eigenvalue weighted by Crippen LogP contribution is -2.10. The van der Waals surface area contributed by atoms with Crippen LogP contribution < -0.4 is 0 Å². The molecule has 0 bridgehead atoms. The van der Waals surface area contributed by atoms with E-state index in [9.17, 15) is 0 Å². The van der Waals surface area contributed by atoms with E-state index in [-0.39, 0.29) is 4.75 Å². The molecule has 0 saturated heterocycles. The van der Waals surface area contributed by atoms with E-state index >= 15 is 0 Å². The number of nitriles is 1. The molecule has 0 aromatic heterocycles. The summed E-state index contributed by atoms with van der Waals surface area (Å²) in [6.07, 6.45) is 3.83. The quantitative estimate of drug-likeness (QED) is 0.714. The van der Waals surface area contributed by atoms with Crippen LogP contribution in [0.15, 0.2) is 24.3 Å². The molecule has 1 rings (SSSR count). The second kappa shape index (κ2) is 3.85. The van der Waals surface area contributed by atoms with Crippen LogP contribution in [0.2, 0.25) is 0 Å². The molecule has 0 N–H and O–H groups in total. The number of nitrogens with zero attached hydrogens (tertiary/aromatic N) is 1. The van der Waals surface area contributed by atoms with Crippen LogP contribution in [0.1, 0.15) is 25.0 Å². The van der Waals surface area contributed by atoms with Gasteiger partial charge in [-0.05, 0) is 31.5 Å². The van der Waals surface area contributed by atoms with E-state index in [4.69, 9.17) is 5.26 Å². The fourth-order valence-corrected chi connectivity index (χ4v) is 1.33. The highest BCUT2D eigenvalue weighted by molar-refractivity contribution is 8.01. The Morgan fingerprint density at radius 3 is 2.23 bits per heavy atom. The normalized spacial score (nSPS) is 10.9. The minimum absolute atomic E-state index is 0.0218. The number of thioether (sulfide) groups is 1. The third-order valence-electron chi connectivity index (χ3n) is 2.07. The molecule has 0 fully saturated rings. The Balaban J connectivity index is 3.00. The van der Waals surface area contributed by atoms with Crippen LogP contribution in [0, 0.1) is 17.6 Å². The van der Waals surface area contributed by atoms with Crippen molar-refractivity contribution in [3.05, 3.63) is 41.6 Å². The number of rotatable bonds is 2. The summed E-state index contributed by atoms with van der Waals surface area (Å²) in [7, 11) is 0. The first-order valence-electron chi connectivity index (χ1n) is 4.04. The molecule has 13 heavy (non-hydrogen) atoms. The lowest BCUT2D eigenvalue weighted by Gasteiger charge is -2.22. The Labute approximate surface area is 83.8 Å². The summed E-state index contributed by atoms with van der Waals surface area (Å²) in [5, 5.41) is 8.62. The highest BCUT2D eigenvalue weighted by Crippen LogP contribution is 2.34. The van der Waals surface area contributed by atoms with Gasteiger partial charge in [0.1, 0.15) is 0 Å². The smallest absolute Gasteiger partial charge is 0.0991 e. The van der Waals surface area contributed by atoms with Crippen molar-refractivity contribution < 1.29 is 0 Å². The first kappa shape index (κ1) is 10.1. The maximum Gasteiger partial charge on any atom is 0.0991 e. The predicted octanol–water partition coefficient (Wildman–Crippen LogP) is 3.32. The van der Waals surface area contributed by atoms with Crippen LogP contribution >= 0.6 is 11.8 Å². The molecule has 0 aliphatic heterocycles. The Bertz CT molecular complexity index is 319. The van der Waals surface area contributed by atoms with Crippen molar-refractivity contribution in [2.24, 2.45) is 0 Å². The van der Waals surface area contributed by atoms with Gasteiger partial charge < -0.3 is 0 Å². The molecule has 0 atom stereocenters. The zero-order chi connectivity index (χ0) is 9.90. The van der Waals surface area contributed by atoms with E-state index in [2.05, 4.69) is 26.2 Å². The van der Waals surface area contributed by atoms with E-state index in [0.29, 0.717) is 5.56 Å². The first-order chi connectivity index (χ1) is 6.10. The minimum atomic E-state index is 0.0218. The maximum atomic E-state index is 8.62. The molecule has 0 unspecified atom stereocenters. The summed E-state index contributed by atoms with van der Waals surface area (Å²) < 4.78 is 0.0218. The molecule has 1 aromatic carbocycles. The van der Waals surface area contributed by atoms with Gasteiger partial charge in [0.15, 0.2) is 0 Å². The Kier molecular flexibility index (Phi) is 3.00. The molecule has 67 valence electrons. The number of benzene rings is 1. The Morgan fingerprint density at radius 1 is 1.31 bits per heavy atom. The van der Waals surface area contributed by atoms with Crippen LogP contribution in [0.25, 0.3) is 0 Å². The van der Waals surface area contributed by atoms with Crippen LogP contribution in [0.4, 0.5) is 0 Å². The van der Waals surface area contributed by atoms with Gasteiger partial charge in [0.05, 0.1) is 11.6 Å². The highest BCUT2D eigenvalue weighted by atomic mass is 32.2. The van der Waals surface area contributed by atoms with Gasteiger partial charge in [-0.2, -0.15) is 17.0 Å². The van der Waals surface area contributed by atoms with Crippen LogP contribution in [0.3, 0.4) is 0 Å². The third kappa shape index (κ3) is 2.26. The molecule has 2 heteroatoms. The molecule has 0 heterocycles. The monoisotopic (exact) mass is 190 g/mol. The van der Waals surface area contributed by atoms with Crippen LogP contribution in [0.5, 0.6) is 0 Å². The lowest BCUT2D eigenvalue weighted by molar-refractivity contribution is 0.786. The molecule has 0 amide bonds. The fraction of sp³-hybridized carbons (Fsp3) is 0.273. The summed E-state index contributed by atoms with van der Waals surface area (Å²) in [6.45, 7) is 4.23. The van der Waals surface area contributed by atoms with E-state index in [1.54, 1.807) is 11.8 Å².